The normalized spacial score (nSPS) is 12.1. The molecule has 0 saturated carbocycles. The number of carbonyl (C=O) groups is 1. The first-order valence-corrected chi connectivity index (χ1v) is 7.40. The van der Waals surface area contributed by atoms with E-state index in [9.17, 15) is 4.79 Å². The average molecular weight is 307 g/mol. The van der Waals surface area contributed by atoms with Crippen LogP contribution in [0.3, 0.4) is 0 Å². The van der Waals surface area contributed by atoms with E-state index in [2.05, 4.69) is 11.9 Å². The number of H-pyrrole nitrogens is 1. The molecule has 3 rings (SSSR count). The zero-order valence-corrected chi connectivity index (χ0v) is 12.7. The Morgan fingerprint density at radius 2 is 2.30 bits per heavy atom. The predicted molar refractivity (Wildman–Crippen MR) is 80.4 cm³/mol. The van der Waals surface area contributed by atoms with Crippen LogP contribution in [0.1, 0.15) is 21.6 Å². The second-order valence-corrected chi connectivity index (χ2v) is 6.61. The van der Waals surface area contributed by atoms with Crippen molar-refractivity contribution in [1.29, 1.82) is 0 Å². The second kappa shape index (κ2) is 4.71. The molecule has 104 valence electrons. The lowest BCUT2D eigenvalue weighted by Crippen LogP contribution is -2.11. The average Bonchev–Trinajstić information content (AvgIpc) is 2.87. The van der Waals surface area contributed by atoms with Gasteiger partial charge in [-0.25, -0.2) is 4.79 Å². The minimum absolute atomic E-state index is 0.321. The maximum absolute atomic E-state index is 10.7. The Morgan fingerprint density at radius 3 is 3.00 bits per heavy atom. The van der Waals surface area contributed by atoms with E-state index in [0.29, 0.717) is 5.75 Å². The van der Waals surface area contributed by atoms with E-state index in [4.69, 9.17) is 22.1 Å². The molecule has 2 aromatic rings. The first-order chi connectivity index (χ1) is 9.47. The summed E-state index contributed by atoms with van der Waals surface area (Å²) in [6, 6.07) is 1.92. The summed E-state index contributed by atoms with van der Waals surface area (Å²) in [6.07, 6.45) is 0.749. The van der Waals surface area contributed by atoms with Crippen molar-refractivity contribution in [3.05, 3.63) is 31.6 Å². The number of aryl methyl sites for hydroxylation is 1. The monoisotopic (exact) mass is 307 g/mol. The number of carboxylic acid groups (broad SMARTS) is 1. The van der Waals surface area contributed by atoms with Crippen molar-refractivity contribution >= 4 is 29.5 Å². The van der Waals surface area contributed by atoms with Crippen LogP contribution in [-0.2, 0) is 11.2 Å². The van der Waals surface area contributed by atoms with Crippen molar-refractivity contribution in [2.45, 2.75) is 20.3 Å². The number of aromatic amines is 1. The summed E-state index contributed by atoms with van der Waals surface area (Å²) < 4.78 is 6.21. The summed E-state index contributed by atoms with van der Waals surface area (Å²) in [5.74, 6) is -0.308. The highest BCUT2D eigenvalue weighted by Gasteiger charge is 2.27. The van der Waals surface area contributed by atoms with E-state index in [0.717, 1.165) is 32.8 Å². The molecule has 1 aromatic carbocycles. The maximum Gasteiger partial charge on any atom is 0.341 e. The van der Waals surface area contributed by atoms with Crippen molar-refractivity contribution in [3.63, 3.8) is 0 Å². The van der Waals surface area contributed by atoms with Crippen LogP contribution in [0.25, 0.3) is 11.3 Å². The van der Waals surface area contributed by atoms with E-state index in [1.807, 2.05) is 13.0 Å². The number of nitrogens with one attached hydrogen (secondary N) is 1. The van der Waals surface area contributed by atoms with Gasteiger partial charge in [0.25, 0.3) is 0 Å². The molecule has 0 saturated heterocycles. The number of benzene rings is 1. The van der Waals surface area contributed by atoms with Gasteiger partial charge in [-0.15, -0.1) is 11.3 Å². The van der Waals surface area contributed by atoms with Gasteiger partial charge in [-0.2, -0.15) is 0 Å². The summed E-state index contributed by atoms with van der Waals surface area (Å²) >= 11 is 6.77. The number of hydrogen-bond donors (Lipinski definition) is 2. The molecule has 0 radical (unpaired) electrons. The van der Waals surface area contributed by atoms with Crippen molar-refractivity contribution in [3.8, 4) is 17.0 Å². The van der Waals surface area contributed by atoms with Crippen molar-refractivity contribution < 1.29 is 14.6 Å². The lowest BCUT2D eigenvalue weighted by Gasteiger charge is -2.14. The Morgan fingerprint density at radius 1 is 1.55 bits per heavy atom. The molecule has 4 nitrogen and oxygen atoms in total. The number of hydrogen-bond acceptors (Lipinski definition) is 4. The Balaban J connectivity index is 2.15. The standard InChI is InChI=1S/C14H13NO3S2/c1-6-3-9(18-5-11(16)17)8-4-10-13(12(8)7(6)2)15-14(19)20-10/h3H,4-5H2,1-2H3,(H,15,19)(H,16,17). The third kappa shape index (κ3) is 2.05. The Bertz CT molecular complexity index is 773. The summed E-state index contributed by atoms with van der Waals surface area (Å²) in [5.41, 5.74) is 5.51. The molecule has 0 amide bonds. The third-order valence-corrected chi connectivity index (χ3v) is 4.81. The SMILES string of the molecule is Cc1cc(OCC(=O)O)c2c(c1C)-c1[nH]c(=S)sc1C2. The molecule has 0 bridgehead atoms. The van der Waals surface area contributed by atoms with Gasteiger partial charge in [0.2, 0.25) is 0 Å². The van der Waals surface area contributed by atoms with Gasteiger partial charge in [-0.3, -0.25) is 0 Å². The molecule has 0 fully saturated rings. The van der Waals surface area contributed by atoms with Gasteiger partial charge in [-0.05, 0) is 43.3 Å². The summed E-state index contributed by atoms with van der Waals surface area (Å²) in [5, 5.41) is 8.77. The van der Waals surface area contributed by atoms with Crippen LogP contribution >= 0.6 is 23.6 Å². The molecule has 0 aliphatic heterocycles. The largest absolute Gasteiger partial charge is 0.482 e. The van der Waals surface area contributed by atoms with E-state index in [-0.39, 0.29) is 6.61 Å². The van der Waals surface area contributed by atoms with Gasteiger partial charge in [-0.1, -0.05) is 0 Å². The lowest BCUT2D eigenvalue weighted by atomic mass is 9.98. The number of fused-ring (bicyclic) bond motifs is 3. The van der Waals surface area contributed by atoms with E-state index >= 15 is 0 Å². The van der Waals surface area contributed by atoms with E-state index in [1.54, 1.807) is 11.3 Å². The fourth-order valence-corrected chi connectivity index (χ4v) is 3.82. The summed E-state index contributed by atoms with van der Waals surface area (Å²) in [6.45, 7) is 3.75. The zero-order valence-electron chi connectivity index (χ0n) is 11.1. The van der Waals surface area contributed by atoms with Gasteiger partial charge >= 0.3 is 5.97 Å². The first-order valence-electron chi connectivity index (χ1n) is 6.17. The molecule has 2 N–H and O–H groups in total. The predicted octanol–water partition coefficient (Wildman–Crippen LogP) is 3.46. The van der Waals surface area contributed by atoms with Crippen LogP contribution < -0.4 is 4.74 Å². The molecule has 1 aromatic heterocycles. The quantitative estimate of drug-likeness (QED) is 0.727. The molecule has 6 heteroatoms. The molecular formula is C14H13NO3S2. The fourth-order valence-electron chi connectivity index (χ4n) is 2.57. The van der Waals surface area contributed by atoms with Crippen LogP contribution in [0.15, 0.2) is 6.07 Å². The number of thiazole rings is 1. The molecule has 1 aliphatic rings. The van der Waals surface area contributed by atoms with Crippen LogP contribution in [0.5, 0.6) is 5.75 Å². The van der Waals surface area contributed by atoms with E-state index < -0.39 is 5.97 Å². The number of aliphatic carboxylic acids is 1. The van der Waals surface area contributed by atoms with Crippen molar-refractivity contribution in [1.82, 2.24) is 4.98 Å². The number of rotatable bonds is 3. The number of aromatic nitrogens is 1. The van der Waals surface area contributed by atoms with Crippen LogP contribution in [0.4, 0.5) is 0 Å². The van der Waals surface area contributed by atoms with Gasteiger partial charge < -0.3 is 14.8 Å². The highest BCUT2D eigenvalue weighted by molar-refractivity contribution is 7.73. The Labute approximate surface area is 125 Å². The third-order valence-electron chi connectivity index (χ3n) is 3.57. The topological polar surface area (TPSA) is 62.3 Å². The second-order valence-electron chi connectivity index (χ2n) is 4.84. The highest BCUT2D eigenvalue weighted by Crippen LogP contribution is 2.45. The number of carboxylic acids is 1. The molecule has 1 heterocycles. The van der Waals surface area contributed by atoms with Gasteiger partial charge in [0.1, 0.15) is 5.75 Å². The molecule has 0 unspecified atom stereocenters. The fraction of sp³-hybridized carbons (Fsp3) is 0.286. The van der Waals surface area contributed by atoms with E-state index in [1.165, 1.54) is 10.4 Å². The minimum Gasteiger partial charge on any atom is -0.482 e. The Hall–Kier alpha value is -1.66. The van der Waals surface area contributed by atoms with Crippen LogP contribution in [-0.4, -0.2) is 22.7 Å². The van der Waals surface area contributed by atoms with Gasteiger partial charge in [0, 0.05) is 22.4 Å². The smallest absolute Gasteiger partial charge is 0.341 e. The zero-order chi connectivity index (χ0) is 14.4. The van der Waals surface area contributed by atoms with Gasteiger partial charge in [0.15, 0.2) is 10.6 Å². The highest BCUT2D eigenvalue weighted by atomic mass is 32.1. The Kier molecular flexibility index (Phi) is 3.14. The molecule has 0 atom stereocenters. The number of ether oxygens (including phenoxy) is 1. The maximum atomic E-state index is 10.7. The molecule has 0 spiro atoms. The first kappa shape index (κ1) is 13.3. The van der Waals surface area contributed by atoms with Crippen LogP contribution in [0.2, 0.25) is 0 Å². The molecule has 20 heavy (non-hydrogen) atoms. The van der Waals surface area contributed by atoms with Crippen molar-refractivity contribution in [2.75, 3.05) is 6.61 Å². The molecule has 1 aliphatic carbocycles. The lowest BCUT2D eigenvalue weighted by molar-refractivity contribution is -0.139. The summed E-state index contributed by atoms with van der Waals surface area (Å²) in [4.78, 5) is 15.1. The van der Waals surface area contributed by atoms with Crippen molar-refractivity contribution in [2.24, 2.45) is 0 Å². The minimum atomic E-state index is -0.968. The summed E-state index contributed by atoms with van der Waals surface area (Å²) in [7, 11) is 0. The molecular weight excluding hydrogens is 294 g/mol. The van der Waals surface area contributed by atoms with Crippen LogP contribution in [0, 0.1) is 17.8 Å². The van der Waals surface area contributed by atoms with Gasteiger partial charge in [0.05, 0.1) is 5.69 Å².